The highest BCUT2D eigenvalue weighted by Crippen LogP contribution is 2.41. The Balaban J connectivity index is 1.24. The normalized spacial score (nSPS) is 30.1. The van der Waals surface area contributed by atoms with Crippen LogP contribution in [0.15, 0.2) is 18.9 Å². The molecule has 5 aliphatic heterocycles. The number of fused-ring (bicyclic) bond motifs is 4. The van der Waals surface area contributed by atoms with Crippen molar-refractivity contribution in [2.24, 2.45) is 0 Å². The van der Waals surface area contributed by atoms with Crippen molar-refractivity contribution >= 4 is 23.5 Å². The molecule has 2 aromatic heterocycles. The van der Waals surface area contributed by atoms with E-state index in [0.717, 1.165) is 73.7 Å². The maximum Gasteiger partial charge on any atom is 0.319 e. The molecule has 0 radical (unpaired) electrons. The summed E-state index contributed by atoms with van der Waals surface area (Å²) in [7, 11) is 0. The number of nitrogens with one attached hydrogen (secondary N) is 2. The fourth-order valence-electron chi connectivity index (χ4n) is 7.60. The van der Waals surface area contributed by atoms with Crippen molar-refractivity contribution in [1.82, 2.24) is 35.3 Å². The van der Waals surface area contributed by atoms with Crippen LogP contribution in [-0.4, -0.2) is 99.0 Å². The van der Waals surface area contributed by atoms with E-state index in [9.17, 15) is 9.18 Å². The molecule has 2 aromatic rings. The molecule has 1 amide bonds. The molecule has 0 spiro atoms. The molecule has 212 valence electrons. The second-order valence-corrected chi connectivity index (χ2v) is 11.8. The predicted octanol–water partition coefficient (Wildman–Crippen LogP) is 2.80. The van der Waals surface area contributed by atoms with E-state index < -0.39 is 6.17 Å². The SMILES string of the molecule is C=Cc1[nH]ncc1/C(=C/C)N1CCc2c(nc(OC[C@@]34CCCN3C[C@H](F)C4)nc2N2CC3CCC(C2)N3)C1=O. The zero-order chi connectivity index (χ0) is 27.4. The lowest BCUT2D eigenvalue weighted by Crippen LogP contribution is -2.52. The van der Waals surface area contributed by atoms with Crippen molar-refractivity contribution in [3.05, 3.63) is 41.4 Å². The molecule has 4 fully saturated rings. The van der Waals surface area contributed by atoms with Crippen molar-refractivity contribution in [2.75, 3.05) is 44.2 Å². The van der Waals surface area contributed by atoms with Crippen molar-refractivity contribution in [1.29, 1.82) is 0 Å². The third kappa shape index (κ3) is 4.21. The number of carbonyl (C=O) groups excluding carboxylic acids is 1. The third-order valence-electron chi connectivity index (χ3n) is 9.46. The van der Waals surface area contributed by atoms with Crippen LogP contribution >= 0.6 is 0 Å². The smallest absolute Gasteiger partial charge is 0.319 e. The lowest BCUT2D eigenvalue weighted by Gasteiger charge is -2.37. The van der Waals surface area contributed by atoms with E-state index in [1.165, 1.54) is 0 Å². The lowest BCUT2D eigenvalue weighted by molar-refractivity contribution is 0.0809. The second-order valence-electron chi connectivity index (χ2n) is 11.8. The first-order valence-corrected chi connectivity index (χ1v) is 14.6. The van der Waals surface area contributed by atoms with Crippen LogP contribution < -0.4 is 15.0 Å². The quantitative estimate of drug-likeness (QED) is 0.545. The highest BCUT2D eigenvalue weighted by atomic mass is 19.1. The van der Waals surface area contributed by atoms with E-state index in [1.54, 1.807) is 17.2 Å². The first-order chi connectivity index (χ1) is 19.5. The fraction of sp³-hybridized carbons (Fsp3) is 0.586. The van der Waals surface area contributed by atoms with Gasteiger partial charge in [0, 0.05) is 55.8 Å². The summed E-state index contributed by atoms with van der Waals surface area (Å²) in [5, 5.41) is 10.8. The van der Waals surface area contributed by atoms with Gasteiger partial charge in [-0.05, 0) is 51.6 Å². The van der Waals surface area contributed by atoms with Gasteiger partial charge in [0.25, 0.3) is 5.91 Å². The molecule has 0 aliphatic carbocycles. The number of carbonyl (C=O) groups is 1. The van der Waals surface area contributed by atoms with Gasteiger partial charge < -0.3 is 19.9 Å². The minimum absolute atomic E-state index is 0.178. The number of aromatic nitrogens is 4. The molecule has 2 N–H and O–H groups in total. The zero-order valence-corrected chi connectivity index (χ0v) is 23.0. The van der Waals surface area contributed by atoms with Crippen LogP contribution in [0.1, 0.15) is 66.3 Å². The van der Waals surface area contributed by atoms with Gasteiger partial charge in [-0.25, -0.2) is 4.39 Å². The van der Waals surface area contributed by atoms with E-state index >= 15 is 0 Å². The first kappa shape index (κ1) is 25.6. The average molecular weight is 549 g/mol. The largest absolute Gasteiger partial charge is 0.461 e. The highest BCUT2D eigenvalue weighted by molar-refractivity contribution is 6.01. The van der Waals surface area contributed by atoms with Gasteiger partial charge in [0.1, 0.15) is 24.3 Å². The number of piperazine rings is 1. The summed E-state index contributed by atoms with van der Waals surface area (Å²) in [5.41, 5.74) is 3.30. The Morgan fingerprint density at radius 2 is 2.08 bits per heavy atom. The van der Waals surface area contributed by atoms with Gasteiger partial charge in [-0.3, -0.25) is 14.8 Å². The summed E-state index contributed by atoms with van der Waals surface area (Å²) >= 11 is 0. The summed E-state index contributed by atoms with van der Waals surface area (Å²) in [5.74, 6) is 0.626. The molecule has 0 saturated carbocycles. The Morgan fingerprint density at radius 1 is 1.25 bits per heavy atom. The number of ether oxygens (including phenoxy) is 1. The van der Waals surface area contributed by atoms with Crippen LogP contribution in [0.4, 0.5) is 10.2 Å². The summed E-state index contributed by atoms with van der Waals surface area (Å²) in [6.45, 7) is 9.68. The molecule has 4 saturated heterocycles. The molecule has 2 unspecified atom stereocenters. The molecule has 7 rings (SSSR count). The molecule has 11 heteroatoms. The van der Waals surface area contributed by atoms with E-state index in [4.69, 9.17) is 14.7 Å². The monoisotopic (exact) mass is 548 g/mol. The summed E-state index contributed by atoms with van der Waals surface area (Å²) in [6, 6.07) is 1.04. The molecule has 4 atom stereocenters. The Labute approximate surface area is 233 Å². The van der Waals surface area contributed by atoms with Gasteiger partial charge in [0.15, 0.2) is 0 Å². The van der Waals surface area contributed by atoms with Crippen molar-refractivity contribution < 1.29 is 13.9 Å². The summed E-state index contributed by atoms with van der Waals surface area (Å²) in [6.07, 6.45) is 9.86. The molecular formula is C29H37FN8O2. The molecule has 5 aliphatic rings. The number of hydrogen-bond donors (Lipinski definition) is 2. The Kier molecular flexibility index (Phi) is 6.38. The number of anilines is 1. The van der Waals surface area contributed by atoms with Gasteiger partial charge in [0.05, 0.1) is 23.1 Å². The van der Waals surface area contributed by atoms with Gasteiger partial charge in [-0.1, -0.05) is 12.7 Å². The van der Waals surface area contributed by atoms with E-state index in [-0.39, 0.29) is 17.5 Å². The number of hydrogen-bond acceptors (Lipinski definition) is 8. The highest BCUT2D eigenvalue weighted by Gasteiger charge is 2.49. The van der Waals surface area contributed by atoms with Crippen LogP contribution in [0.25, 0.3) is 11.8 Å². The zero-order valence-electron chi connectivity index (χ0n) is 23.0. The number of allylic oxidation sites excluding steroid dienone is 1. The summed E-state index contributed by atoms with van der Waals surface area (Å²) < 4.78 is 20.7. The van der Waals surface area contributed by atoms with Crippen LogP contribution in [0.2, 0.25) is 0 Å². The van der Waals surface area contributed by atoms with E-state index in [1.807, 2.05) is 13.0 Å². The van der Waals surface area contributed by atoms with Crippen LogP contribution in [-0.2, 0) is 6.42 Å². The van der Waals surface area contributed by atoms with Gasteiger partial charge in [-0.2, -0.15) is 15.1 Å². The van der Waals surface area contributed by atoms with Crippen LogP contribution in [0.5, 0.6) is 6.01 Å². The number of amides is 1. The minimum atomic E-state index is -0.835. The summed E-state index contributed by atoms with van der Waals surface area (Å²) in [4.78, 5) is 30.1. The Hall–Kier alpha value is -3.31. The average Bonchev–Trinajstić information content (AvgIpc) is 3.72. The molecule has 2 bridgehead atoms. The molecule has 40 heavy (non-hydrogen) atoms. The number of nitrogens with zero attached hydrogens (tertiary/aromatic N) is 6. The number of aromatic amines is 1. The third-order valence-corrected chi connectivity index (χ3v) is 9.46. The number of halogens is 1. The first-order valence-electron chi connectivity index (χ1n) is 14.6. The molecule has 0 aromatic carbocycles. The van der Waals surface area contributed by atoms with Gasteiger partial charge in [0.2, 0.25) is 0 Å². The van der Waals surface area contributed by atoms with E-state index in [0.29, 0.717) is 50.3 Å². The van der Waals surface area contributed by atoms with Crippen molar-refractivity contribution in [2.45, 2.75) is 69.2 Å². The topological polar surface area (TPSA) is 103 Å². The van der Waals surface area contributed by atoms with E-state index in [2.05, 4.69) is 31.9 Å². The fourth-order valence-corrected chi connectivity index (χ4v) is 7.60. The van der Waals surface area contributed by atoms with Gasteiger partial charge >= 0.3 is 6.01 Å². The predicted molar refractivity (Wildman–Crippen MR) is 150 cm³/mol. The van der Waals surface area contributed by atoms with Gasteiger partial charge in [-0.15, -0.1) is 0 Å². The maximum atomic E-state index is 14.4. The molecule has 7 heterocycles. The molecular weight excluding hydrogens is 511 g/mol. The Morgan fingerprint density at radius 3 is 2.85 bits per heavy atom. The number of rotatable bonds is 7. The standard InChI is InChI=1S/C29H37FN8O2/c1-3-23-22(13-31-35-23)24(4-2)38-11-8-21-25(27(38)39)33-28(34-26(21)36-15-19-6-7-20(16-36)32-19)40-17-29-9-5-10-37(29)14-18(30)12-29/h3-4,13,18-20,32H,1,5-12,14-17H2,2H3,(H,31,35)/b24-4-/t18-,19?,20?,29+/m1/s1. The Bertz CT molecular complexity index is 1350. The van der Waals surface area contributed by atoms with Crippen molar-refractivity contribution in [3.63, 3.8) is 0 Å². The minimum Gasteiger partial charge on any atom is -0.461 e. The number of H-pyrrole nitrogens is 1. The lowest BCUT2D eigenvalue weighted by atomic mass is 9.95. The maximum absolute atomic E-state index is 14.4. The van der Waals surface area contributed by atoms with Crippen molar-refractivity contribution in [3.8, 4) is 6.01 Å². The second kappa shape index (κ2) is 9.95. The molecule has 10 nitrogen and oxygen atoms in total. The van der Waals surface area contributed by atoms with Crippen LogP contribution in [0, 0.1) is 0 Å². The van der Waals surface area contributed by atoms with Crippen LogP contribution in [0.3, 0.4) is 0 Å². The number of alkyl halides is 1.